The number of fused-ring (bicyclic) bond motifs is 1. The minimum atomic E-state index is -4.51. The van der Waals surface area contributed by atoms with Crippen LogP contribution in [0.4, 0.5) is 13.2 Å². The lowest BCUT2D eigenvalue weighted by Gasteiger charge is -2.35. The molecule has 0 spiro atoms. The Morgan fingerprint density at radius 2 is 1.59 bits per heavy atom. The van der Waals surface area contributed by atoms with Crippen LogP contribution in [0.5, 0.6) is 0 Å². The molecule has 1 aliphatic rings. The predicted octanol–water partition coefficient (Wildman–Crippen LogP) is 9.33. The first-order valence-corrected chi connectivity index (χ1v) is 13.0. The Labute approximate surface area is 204 Å². The largest absolute Gasteiger partial charge is 0.417 e. The molecule has 0 radical (unpaired) electrons. The fourth-order valence-electron chi connectivity index (χ4n) is 4.89. The van der Waals surface area contributed by atoms with Gasteiger partial charge in [0.2, 0.25) is 0 Å². The highest BCUT2D eigenvalue weighted by molar-refractivity contribution is 6.00. The molecule has 0 saturated carbocycles. The van der Waals surface area contributed by atoms with E-state index < -0.39 is 11.7 Å². The number of alkyl halides is 3. The zero-order chi connectivity index (χ0) is 25.3. The van der Waals surface area contributed by atoms with Gasteiger partial charge in [-0.25, -0.2) is 0 Å². The maximum absolute atomic E-state index is 14.3. The Bertz CT molecular complexity index is 893. The summed E-state index contributed by atoms with van der Waals surface area (Å²) in [5.74, 6) is 0. The summed E-state index contributed by atoms with van der Waals surface area (Å²) in [5.41, 5.74) is 3.94. The standard InChI is InChI=1S/C29H43F3N2/c1-6-8-10-11-12-13-14-18-34-20-25-17-16-24(15-9-7-2)28(27(25)22(4)23(34)5)26(19-21(3)33)29(30,31)32/h16-17,19,33H,6-15,18,20H2,1-5H3/b26-19+,33-21?. The van der Waals surface area contributed by atoms with E-state index in [2.05, 4.69) is 18.7 Å². The SMILES string of the molecule is CCCCCCCCCN1Cc2ccc(CCCC)c(/C(=C\C(C)=N)C(F)(F)F)c2C(C)=C1C. The Balaban J connectivity index is 2.40. The first-order chi connectivity index (χ1) is 16.1. The average molecular weight is 477 g/mol. The van der Waals surface area contributed by atoms with E-state index >= 15 is 0 Å². The lowest BCUT2D eigenvalue weighted by atomic mass is 9.82. The Morgan fingerprint density at radius 3 is 2.18 bits per heavy atom. The number of benzene rings is 1. The fraction of sp³-hybridized carbons (Fsp3) is 0.621. The molecule has 34 heavy (non-hydrogen) atoms. The van der Waals surface area contributed by atoms with Crippen molar-refractivity contribution in [2.75, 3.05) is 6.54 Å². The van der Waals surface area contributed by atoms with Crippen LogP contribution >= 0.6 is 0 Å². The van der Waals surface area contributed by atoms with Crippen LogP contribution in [0.15, 0.2) is 23.9 Å². The van der Waals surface area contributed by atoms with E-state index in [1.165, 1.54) is 45.4 Å². The molecule has 1 heterocycles. The van der Waals surface area contributed by atoms with Crippen molar-refractivity contribution in [2.24, 2.45) is 0 Å². The van der Waals surface area contributed by atoms with Crippen LogP contribution in [0.3, 0.4) is 0 Å². The molecular weight excluding hydrogens is 433 g/mol. The molecule has 0 atom stereocenters. The zero-order valence-corrected chi connectivity index (χ0v) is 21.8. The number of aryl methyl sites for hydroxylation is 1. The van der Waals surface area contributed by atoms with Gasteiger partial charge in [-0.3, -0.25) is 0 Å². The first kappa shape index (κ1) is 28.2. The van der Waals surface area contributed by atoms with Gasteiger partial charge >= 0.3 is 6.18 Å². The molecule has 0 saturated heterocycles. The van der Waals surface area contributed by atoms with Crippen LogP contribution in [-0.2, 0) is 13.0 Å². The van der Waals surface area contributed by atoms with E-state index in [0.717, 1.165) is 59.8 Å². The molecule has 2 rings (SSSR count). The predicted molar refractivity (Wildman–Crippen MR) is 139 cm³/mol. The van der Waals surface area contributed by atoms with Crippen LogP contribution in [0.2, 0.25) is 0 Å². The smallest absolute Gasteiger partial charge is 0.370 e. The van der Waals surface area contributed by atoms with Crippen molar-refractivity contribution < 1.29 is 13.2 Å². The zero-order valence-electron chi connectivity index (χ0n) is 21.8. The molecule has 1 aliphatic heterocycles. The third-order valence-corrected chi connectivity index (χ3v) is 6.90. The van der Waals surface area contributed by atoms with Crippen molar-refractivity contribution in [3.8, 4) is 0 Å². The highest BCUT2D eigenvalue weighted by Crippen LogP contribution is 2.44. The fourth-order valence-corrected chi connectivity index (χ4v) is 4.89. The topological polar surface area (TPSA) is 27.1 Å². The average Bonchev–Trinajstić information content (AvgIpc) is 2.77. The van der Waals surface area contributed by atoms with E-state index in [0.29, 0.717) is 13.0 Å². The molecule has 0 unspecified atom stereocenters. The number of unbranched alkanes of at least 4 members (excludes halogenated alkanes) is 7. The molecule has 1 N–H and O–H groups in total. The van der Waals surface area contributed by atoms with Crippen molar-refractivity contribution in [1.29, 1.82) is 5.41 Å². The number of allylic oxidation sites excluding steroid dienone is 4. The quantitative estimate of drug-likeness (QED) is 0.223. The van der Waals surface area contributed by atoms with Crippen molar-refractivity contribution in [3.63, 3.8) is 0 Å². The molecule has 1 aromatic carbocycles. The van der Waals surface area contributed by atoms with Gasteiger partial charge in [0.1, 0.15) is 0 Å². The Hall–Kier alpha value is -2.04. The monoisotopic (exact) mass is 476 g/mol. The highest BCUT2D eigenvalue weighted by atomic mass is 19.4. The molecular formula is C29H43F3N2. The minimum Gasteiger partial charge on any atom is -0.370 e. The molecule has 5 heteroatoms. The molecule has 0 bridgehead atoms. The number of hydrogen-bond acceptors (Lipinski definition) is 2. The van der Waals surface area contributed by atoms with Crippen LogP contribution < -0.4 is 0 Å². The van der Waals surface area contributed by atoms with Gasteiger partial charge in [-0.2, -0.15) is 13.2 Å². The third kappa shape index (κ3) is 7.48. The second kappa shape index (κ2) is 13.2. The van der Waals surface area contributed by atoms with Gasteiger partial charge < -0.3 is 10.3 Å². The Morgan fingerprint density at radius 1 is 0.971 bits per heavy atom. The van der Waals surface area contributed by atoms with Crippen LogP contribution in [0, 0.1) is 5.41 Å². The Kier molecular flexibility index (Phi) is 10.9. The van der Waals surface area contributed by atoms with E-state index in [1.807, 2.05) is 26.0 Å². The van der Waals surface area contributed by atoms with Gasteiger partial charge in [-0.05, 0) is 73.9 Å². The van der Waals surface area contributed by atoms with E-state index in [-0.39, 0.29) is 11.3 Å². The lowest BCUT2D eigenvalue weighted by Crippen LogP contribution is -2.28. The molecule has 0 amide bonds. The normalized spacial score (nSPS) is 14.6. The molecule has 190 valence electrons. The summed E-state index contributed by atoms with van der Waals surface area (Å²) < 4.78 is 42.8. The molecule has 0 aliphatic carbocycles. The van der Waals surface area contributed by atoms with Gasteiger partial charge in [0, 0.05) is 24.5 Å². The minimum absolute atomic E-state index is 0.0823. The highest BCUT2D eigenvalue weighted by Gasteiger charge is 2.38. The first-order valence-electron chi connectivity index (χ1n) is 13.0. The third-order valence-electron chi connectivity index (χ3n) is 6.90. The number of rotatable bonds is 13. The summed E-state index contributed by atoms with van der Waals surface area (Å²) in [5, 5.41) is 7.78. The van der Waals surface area contributed by atoms with Gasteiger partial charge in [-0.15, -0.1) is 0 Å². The number of nitrogens with zero attached hydrogens (tertiary/aromatic N) is 1. The number of hydrogen-bond donors (Lipinski definition) is 1. The van der Waals surface area contributed by atoms with Crippen molar-refractivity contribution in [3.05, 3.63) is 46.2 Å². The van der Waals surface area contributed by atoms with Gasteiger partial charge in [0.15, 0.2) is 0 Å². The summed E-state index contributed by atoms with van der Waals surface area (Å²) in [6, 6.07) is 3.92. The lowest BCUT2D eigenvalue weighted by molar-refractivity contribution is -0.0689. The van der Waals surface area contributed by atoms with Gasteiger partial charge in [0.05, 0.1) is 5.57 Å². The van der Waals surface area contributed by atoms with Gasteiger partial charge in [-0.1, -0.05) is 70.9 Å². The van der Waals surface area contributed by atoms with Crippen molar-refractivity contribution >= 4 is 16.9 Å². The van der Waals surface area contributed by atoms with E-state index in [4.69, 9.17) is 5.41 Å². The van der Waals surface area contributed by atoms with Crippen molar-refractivity contribution in [1.82, 2.24) is 4.90 Å². The molecule has 0 fully saturated rings. The van der Waals surface area contributed by atoms with Crippen molar-refractivity contribution in [2.45, 2.75) is 112 Å². The maximum Gasteiger partial charge on any atom is 0.417 e. The van der Waals surface area contributed by atoms with Crippen LogP contribution in [0.25, 0.3) is 11.1 Å². The van der Waals surface area contributed by atoms with E-state index in [1.54, 1.807) is 0 Å². The second-order valence-electron chi connectivity index (χ2n) is 9.73. The summed E-state index contributed by atoms with van der Waals surface area (Å²) >= 11 is 0. The van der Waals surface area contributed by atoms with Crippen LogP contribution in [0.1, 0.15) is 115 Å². The molecule has 1 aromatic rings. The summed E-state index contributed by atoms with van der Waals surface area (Å²) in [6.45, 7) is 11.3. The number of nitrogens with one attached hydrogen (secondary N) is 1. The summed E-state index contributed by atoms with van der Waals surface area (Å²) in [4.78, 5) is 2.33. The van der Waals surface area contributed by atoms with Gasteiger partial charge in [0.25, 0.3) is 0 Å². The van der Waals surface area contributed by atoms with E-state index in [9.17, 15) is 13.2 Å². The van der Waals surface area contributed by atoms with Crippen LogP contribution in [-0.4, -0.2) is 23.3 Å². The molecule has 2 nitrogen and oxygen atoms in total. The number of halogens is 3. The maximum atomic E-state index is 14.3. The summed E-state index contributed by atoms with van der Waals surface area (Å²) in [7, 11) is 0. The summed E-state index contributed by atoms with van der Waals surface area (Å²) in [6.07, 6.45) is 7.55. The molecule has 0 aromatic heterocycles. The second-order valence-corrected chi connectivity index (χ2v) is 9.73.